The van der Waals surface area contributed by atoms with E-state index in [1.54, 1.807) is 24.3 Å². The Morgan fingerprint density at radius 3 is 1.19 bits per heavy atom. The second kappa shape index (κ2) is 7.85. The monoisotopic (exact) mass is 416 g/mol. The summed E-state index contributed by atoms with van der Waals surface area (Å²) in [5.41, 5.74) is 1.34. The molecule has 2 aromatic carbocycles. The quantitative estimate of drug-likeness (QED) is 0.646. The molecule has 0 fully saturated rings. The minimum atomic E-state index is -4.07. The lowest BCUT2D eigenvalue weighted by molar-refractivity contribution is 0.329. The minimum Gasteiger partial charge on any atom is -0.362 e. The Balaban J connectivity index is 2.22. The van der Waals surface area contributed by atoms with E-state index >= 15 is 0 Å². The van der Waals surface area contributed by atoms with Crippen LogP contribution in [0.15, 0.2) is 48.5 Å². The molecular weight excluding hydrogens is 396 g/mol. The molecule has 2 aromatic rings. The molecule has 0 atom stereocenters. The van der Waals surface area contributed by atoms with Crippen LogP contribution in [0.3, 0.4) is 0 Å². The SMILES string of the molecule is COS(=O)(=O)Oc1ccc(C(C)(C)c2ccc(OS(=O)(=O)OC)cc2)cc1. The zero-order valence-electron chi connectivity index (χ0n) is 15.2. The van der Waals surface area contributed by atoms with Crippen LogP contribution in [0.2, 0.25) is 0 Å². The maximum Gasteiger partial charge on any atom is 0.448 e. The lowest BCUT2D eigenvalue weighted by Gasteiger charge is -2.26. The van der Waals surface area contributed by atoms with Crippen LogP contribution in [0.4, 0.5) is 0 Å². The molecule has 0 spiro atoms. The molecule has 0 aliphatic carbocycles. The highest BCUT2D eigenvalue weighted by Gasteiger charge is 2.24. The molecule has 0 heterocycles. The molecule has 0 saturated carbocycles. The van der Waals surface area contributed by atoms with Gasteiger partial charge in [0.05, 0.1) is 14.2 Å². The van der Waals surface area contributed by atoms with Crippen LogP contribution in [-0.2, 0) is 34.6 Å². The minimum absolute atomic E-state index is 0.130. The third-order valence-corrected chi connectivity index (χ3v) is 5.57. The van der Waals surface area contributed by atoms with Gasteiger partial charge in [-0.1, -0.05) is 38.1 Å². The Morgan fingerprint density at radius 2 is 0.926 bits per heavy atom. The fourth-order valence-electron chi connectivity index (χ4n) is 2.32. The third kappa shape index (κ3) is 5.42. The summed E-state index contributed by atoms with van der Waals surface area (Å²) in [5.74, 6) is 0.259. The Kier molecular flexibility index (Phi) is 6.15. The summed E-state index contributed by atoms with van der Waals surface area (Å²) >= 11 is 0. The largest absolute Gasteiger partial charge is 0.448 e. The molecule has 0 aromatic heterocycles. The Labute approximate surface area is 159 Å². The fraction of sp³-hybridized carbons (Fsp3) is 0.294. The number of benzene rings is 2. The zero-order chi connectivity index (χ0) is 20.3. The van der Waals surface area contributed by atoms with Crippen molar-refractivity contribution in [3.8, 4) is 11.5 Å². The summed E-state index contributed by atoms with van der Waals surface area (Å²) in [6, 6.07) is 13.0. The molecule has 0 amide bonds. The molecule has 27 heavy (non-hydrogen) atoms. The van der Waals surface area contributed by atoms with Crippen LogP contribution in [0.1, 0.15) is 25.0 Å². The van der Waals surface area contributed by atoms with E-state index in [0.29, 0.717) is 0 Å². The molecule has 0 unspecified atom stereocenters. The van der Waals surface area contributed by atoms with E-state index in [2.05, 4.69) is 8.37 Å². The van der Waals surface area contributed by atoms with Gasteiger partial charge in [0.25, 0.3) is 0 Å². The van der Waals surface area contributed by atoms with Gasteiger partial charge in [-0.25, -0.2) is 8.37 Å². The second-order valence-corrected chi connectivity index (χ2v) is 8.62. The van der Waals surface area contributed by atoms with Crippen molar-refractivity contribution in [2.24, 2.45) is 0 Å². The van der Waals surface area contributed by atoms with Gasteiger partial charge in [0, 0.05) is 5.41 Å². The normalized spacial score (nSPS) is 12.6. The van der Waals surface area contributed by atoms with Gasteiger partial charge in [-0.3, -0.25) is 0 Å². The van der Waals surface area contributed by atoms with Gasteiger partial charge >= 0.3 is 20.8 Å². The topological polar surface area (TPSA) is 105 Å². The van der Waals surface area contributed by atoms with Crippen molar-refractivity contribution in [3.05, 3.63) is 59.7 Å². The Morgan fingerprint density at radius 1 is 0.630 bits per heavy atom. The Hall–Kier alpha value is -2.14. The van der Waals surface area contributed by atoms with Crippen LogP contribution in [-0.4, -0.2) is 31.1 Å². The predicted molar refractivity (Wildman–Crippen MR) is 98.1 cm³/mol. The highest BCUT2D eigenvalue weighted by molar-refractivity contribution is 7.82. The molecule has 0 aliphatic rings. The van der Waals surface area contributed by atoms with E-state index in [1.807, 2.05) is 13.8 Å². The highest BCUT2D eigenvalue weighted by atomic mass is 32.3. The molecule has 148 valence electrons. The standard InChI is InChI=1S/C17H20O8S2/c1-17(2,13-5-9-15(10-6-13)24-26(18,19)22-3)14-7-11-16(12-8-14)25-27(20,21)23-4/h5-12H,1-4H3. The molecule has 0 aliphatic heterocycles. The van der Waals surface area contributed by atoms with E-state index in [-0.39, 0.29) is 11.5 Å². The summed E-state index contributed by atoms with van der Waals surface area (Å²) in [6.07, 6.45) is 0. The first-order valence-corrected chi connectivity index (χ1v) is 10.4. The molecule has 10 heteroatoms. The fourth-order valence-corrected chi connectivity index (χ4v) is 3.15. The van der Waals surface area contributed by atoms with Gasteiger partial charge in [-0.15, -0.1) is 0 Å². The van der Waals surface area contributed by atoms with Crippen molar-refractivity contribution in [1.82, 2.24) is 0 Å². The molecule has 0 radical (unpaired) electrons. The summed E-state index contributed by atoms with van der Waals surface area (Å²) < 4.78 is 63.3. The number of rotatable bonds is 8. The third-order valence-electron chi connectivity index (χ3n) is 3.96. The van der Waals surface area contributed by atoms with E-state index in [0.717, 1.165) is 25.3 Å². The molecular formula is C17H20O8S2. The molecule has 0 N–H and O–H groups in total. The van der Waals surface area contributed by atoms with Gasteiger partial charge in [-0.05, 0) is 35.4 Å². The van der Waals surface area contributed by atoms with Gasteiger partial charge in [0.1, 0.15) is 11.5 Å². The average molecular weight is 416 g/mol. The Bertz CT molecular complexity index is 895. The first kappa shape index (κ1) is 21.2. The second-order valence-electron chi connectivity index (χ2n) is 5.99. The zero-order valence-corrected chi connectivity index (χ0v) is 16.8. The van der Waals surface area contributed by atoms with Crippen molar-refractivity contribution in [1.29, 1.82) is 0 Å². The number of hydrogen-bond donors (Lipinski definition) is 0. The summed E-state index contributed by atoms with van der Waals surface area (Å²) in [5, 5.41) is 0. The maximum atomic E-state index is 11.3. The van der Waals surface area contributed by atoms with Gasteiger partial charge in [0.2, 0.25) is 0 Å². The molecule has 2 rings (SSSR count). The van der Waals surface area contributed by atoms with Crippen molar-refractivity contribution in [2.45, 2.75) is 19.3 Å². The van der Waals surface area contributed by atoms with Gasteiger partial charge in [-0.2, -0.15) is 16.8 Å². The lowest BCUT2D eigenvalue weighted by atomic mass is 9.78. The van der Waals surface area contributed by atoms with Crippen molar-refractivity contribution < 1.29 is 33.6 Å². The van der Waals surface area contributed by atoms with E-state index in [4.69, 9.17) is 8.37 Å². The summed E-state index contributed by atoms with van der Waals surface area (Å²) in [7, 11) is -6.11. The van der Waals surface area contributed by atoms with Crippen molar-refractivity contribution in [3.63, 3.8) is 0 Å². The summed E-state index contributed by atoms with van der Waals surface area (Å²) in [4.78, 5) is 0. The van der Waals surface area contributed by atoms with E-state index < -0.39 is 26.2 Å². The van der Waals surface area contributed by atoms with Crippen LogP contribution in [0, 0.1) is 0 Å². The van der Waals surface area contributed by atoms with Crippen molar-refractivity contribution >= 4 is 20.8 Å². The van der Waals surface area contributed by atoms with Crippen LogP contribution in [0.25, 0.3) is 0 Å². The smallest absolute Gasteiger partial charge is 0.362 e. The van der Waals surface area contributed by atoms with Crippen LogP contribution in [0.5, 0.6) is 11.5 Å². The highest BCUT2D eigenvalue weighted by Crippen LogP contribution is 2.33. The molecule has 0 bridgehead atoms. The van der Waals surface area contributed by atoms with Crippen LogP contribution >= 0.6 is 0 Å². The first-order valence-electron chi connectivity index (χ1n) is 7.70. The van der Waals surface area contributed by atoms with E-state index in [9.17, 15) is 16.8 Å². The molecule has 8 nitrogen and oxygen atoms in total. The molecule has 0 saturated heterocycles. The van der Waals surface area contributed by atoms with Gasteiger partial charge < -0.3 is 8.37 Å². The number of hydrogen-bond acceptors (Lipinski definition) is 8. The summed E-state index contributed by atoms with van der Waals surface area (Å²) in [6.45, 7) is 3.94. The lowest BCUT2D eigenvalue weighted by Crippen LogP contribution is -2.19. The average Bonchev–Trinajstić information content (AvgIpc) is 2.62. The van der Waals surface area contributed by atoms with Crippen LogP contribution < -0.4 is 8.37 Å². The van der Waals surface area contributed by atoms with Gasteiger partial charge in [0.15, 0.2) is 0 Å². The maximum absolute atomic E-state index is 11.3. The first-order chi connectivity index (χ1) is 12.5. The predicted octanol–water partition coefficient (Wildman–Crippen LogP) is 2.55. The van der Waals surface area contributed by atoms with Crippen molar-refractivity contribution in [2.75, 3.05) is 14.2 Å². The van der Waals surface area contributed by atoms with E-state index in [1.165, 1.54) is 24.3 Å².